The molecular formula is C11H13ClN2O. The Morgan fingerprint density at radius 1 is 1.47 bits per heavy atom. The molecule has 3 nitrogen and oxygen atoms in total. The Kier molecular flexibility index (Phi) is 3.96. The van der Waals surface area contributed by atoms with E-state index in [9.17, 15) is 0 Å². The van der Waals surface area contributed by atoms with Crippen LogP contribution in [0.4, 0.5) is 0 Å². The molecule has 0 saturated heterocycles. The molecular weight excluding hydrogens is 212 g/mol. The summed E-state index contributed by atoms with van der Waals surface area (Å²) in [6.07, 6.45) is -0.497. The van der Waals surface area contributed by atoms with Gasteiger partial charge in [-0.05, 0) is 32.0 Å². The van der Waals surface area contributed by atoms with Gasteiger partial charge in [0.05, 0.1) is 0 Å². The molecule has 2 N–H and O–H groups in total. The summed E-state index contributed by atoms with van der Waals surface area (Å²) in [4.78, 5) is 0. The molecule has 0 radical (unpaired) electrons. The zero-order valence-corrected chi connectivity index (χ0v) is 9.45. The van der Waals surface area contributed by atoms with E-state index in [0.717, 1.165) is 5.56 Å². The molecule has 0 heterocycles. The number of benzene rings is 1. The van der Waals surface area contributed by atoms with Crippen molar-refractivity contribution in [2.75, 3.05) is 0 Å². The molecule has 0 saturated carbocycles. The van der Waals surface area contributed by atoms with Crippen LogP contribution >= 0.6 is 11.6 Å². The SMILES string of the molecule is CC(C#N)Oc1ccc(Cl)cc1[C@H](C)N. The highest BCUT2D eigenvalue weighted by Crippen LogP contribution is 2.27. The molecule has 1 unspecified atom stereocenters. The predicted molar refractivity (Wildman–Crippen MR) is 59.8 cm³/mol. The fourth-order valence-electron chi connectivity index (χ4n) is 1.20. The number of halogens is 1. The van der Waals surface area contributed by atoms with E-state index >= 15 is 0 Å². The van der Waals surface area contributed by atoms with Crippen LogP contribution in [0.2, 0.25) is 5.02 Å². The second-order valence-electron chi connectivity index (χ2n) is 3.36. The van der Waals surface area contributed by atoms with E-state index in [0.29, 0.717) is 10.8 Å². The summed E-state index contributed by atoms with van der Waals surface area (Å²) in [5.74, 6) is 0.614. The van der Waals surface area contributed by atoms with E-state index in [2.05, 4.69) is 0 Å². The van der Waals surface area contributed by atoms with Gasteiger partial charge in [0.1, 0.15) is 11.8 Å². The van der Waals surface area contributed by atoms with Crippen LogP contribution in [0.3, 0.4) is 0 Å². The van der Waals surface area contributed by atoms with Gasteiger partial charge in [0.25, 0.3) is 0 Å². The van der Waals surface area contributed by atoms with Crippen molar-refractivity contribution in [3.05, 3.63) is 28.8 Å². The minimum Gasteiger partial charge on any atom is -0.476 e. The second-order valence-corrected chi connectivity index (χ2v) is 3.80. The molecule has 1 aromatic carbocycles. The summed E-state index contributed by atoms with van der Waals surface area (Å²) >= 11 is 5.86. The molecule has 0 amide bonds. The van der Waals surface area contributed by atoms with Gasteiger partial charge < -0.3 is 10.5 Å². The first-order valence-corrected chi connectivity index (χ1v) is 5.03. The average Bonchev–Trinajstić information content (AvgIpc) is 2.20. The van der Waals surface area contributed by atoms with Gasteiger partial charge in [-0.3, -0.25) is 0 Å². The Balaban J connectivity index is 3.02. The lowest BCUT2D eigenvalue weighted by Gasteiger charge is -2.15. The fraction of sp³-hybridized carbons (Fsp3) is 0.364. The number of nitrogens with two attached hydrogens (primary N) is 1. The molecule has 15 heavy (non-hydrogen) atoms. The standard InChI is InChI=1S/C11H13ClN2O/c1-7(6-13)15-11-4-3-9(12)5-10(11)8(2)14/h3-5,7-8H,14H2,1-2H3/t7?,8-/m0/s1. The van der Waals surface area contributed by atoms with Crippen LogP contribution in [0.25, 0.3) is 0 Å². The molecule has 0 aromatic heterocycles. The van der Waals surface area contributed by atoms with Crippen LogP contribution in [0, 0.1) is 11.3 Å². The summed E-state index contributed by atoms with van der Waals surface area (Å²) in [7, 11) is 0. The van der Waals surface area contributed by atoms with E-state index < -0.39 is 6.10 Å². The van der Waals surface area contributed by atoms with Gasteiger partial charge in [-0.15, -0.1) is 0 Å². The number of hydrogen-bond acceptors (Lipinski definition) is 3. The van der Waals surface area contributed by atoms with Gasteiger partial charge in [-0.1, -0.05) is 11.6 Å². The highest BCUT2D eigenvalue weighted by atomic mass is 35.5. The van der Waals surface area contributed by atoms with E-state index in [1.807, 2.05) is 13.0 Å². The molecule has 80 valence electrons. The normalized spacial score (nSPS) is 14.1. The minimum absolute atomic E-state index is 0.176. The lowest BCUT2D eigenvalue weighted by Crippen LogP contribution is -2.13. The molecule has 0 aliphatic heterocycles. The van der Waals surface area contributed by atoms with Gasteiger partial charge in [-0.2, -0.15) is 5.26 Å². The predicted octanol–water partition coefficient (Wildman–Crippen LogP) is 2.65. The van der Waals surface area contributed by atoms with E-state index in [1.54, 1.807) is 25.1 Å². The molecule has 0 aliphatic rings. The third kappa shape index (κ3) is 3.12. The molecule has 0 aliphatic carbocycles. The molecule has 0 fully saturated rings. The third-order valence-electron chi connectivity index (χ3n) is 1.95. The molecule has 2 atom stereocenters. The first-order valence-electron chi connectivity index (χ1n) is 4.66. The van der Waals surface area contributed by atoms with E-state index in [4.69, 9.17) is 27.3 Å². The quantitative estimate of drug-likeness (QED) is 0.859. The summed E-state index contributed by atoms with van der Waals surface area (Å²) in [6, 6.07) is 7.02. The Morgan fingerprint density at radius 3 is 2.67 bits per heavy atom. The molecule has 1 rings (SSSR count). The summed E-state index contributed by atoms with van der Waals surface area (Å²) < 4.78 is 5.41. The van der Waals surface area contributed by atoms with Gasteiger partial charge in [0.2, 0.25) is 0 Å². The van der Waals surface area contributed by atoms with E-state index in [-0.39, 0.29) is 6.04 Å². The van der Waals surface area contributed by atoms with Crippen LogP contribution in [0.15, 0.2) is 18.2 Å². The maximum absolute atomic E-state index is 8.65. The van der Waals surface area contributed by atoms with Crippen molar-refractivity contribution in [2.45, 2.75) is 26.0 Å². The monoisotopic (exact) mass is 224 g/mol. The minimum atomic E-state index is -0.497. The zero-order valence-electron chi connectivity index (χ0n) is 8.70. The van der Waals surface area contributed by atoms with Crippen molar-refractivity contribution >= 4 is 11.6 Å². The Bertz CT molecular complexity index is 385. The summed E-state index contributed by atoms with van der Waals surface area (Å²) in [6.45, 7) is 3.52. The van der Waals surface area contributed by atoms with Crippen LogP contribution in [0.5, 0.6) is 5.75 Å². The van der Waals surface area contributed by atoms with Crippen molar-refractivity contribution in [2.24, 2.45) is 5.73 Å². The van der Waals surface area contributed by atoms with Gasteiger partial charge in [-0.25, -0.2) is 0 Å². The Labute approximate surface area is 94.4 Å². The highest BCUT2D eigenvalue weighted by molar-refractivity contribution is 6.30. The lowest BCUT2D eigenvalue weighted by molar-refractivity contribution is 0.272. The maximum atomic E-state index is 8.65. The number of hydrogen-bond donors (Lipinski definition) is 1. The fourth-order valence-corrected chi connectivity index (χ4v) is 1.38. The lowest BCUT2D eigenvalue weighted by atomic mass is 10.1. The van der Waals surface area contributed by atoms with Crippen LogP contribution in [-0.2, 0) is 0 Å². The van der Waals surface area contributed by atoms with Gasteiger partial charge in [0.15, 0.2) is 6.10 Å². The number of rotatable bonds is 3. The molecule has 1 aromatic rings. The second kappa shape index (κ2) is 5.01. The van der Waals surface area contributed by atoms with E-state index in [1.165, 1.54) is 0 Å². The van der Waals surface area contributed by atoms with Crippen molar-refractivity contribution in [1.82, 2.24) is 0 Å². The Morgan fingerprint density at radius 2 is 2.13 bits per heavy atom. The smallest absolute Gasteiger partial charge is 0.181 e. The Hall–Kier alpha value is -1.24. The van der Waals surface area contributed by atoms with Gasteiger partial charge >= 0.3 is 0 Å². The highest BCUT2D eigenvalue weighted by Gasteiger charge is 2.11. The van der Waals surface area contributed by atoms with Crippen molar-refractivity contribution in [3.8, 4) is 11.8 Å². The van der Waals surface area contributed by atoms with Crippen molar-refractivity contribution in [3.63, 3.8) is 0 Å². The first-order chi connectivity index (χ1) is 7.04. The van der Waals surface area contributed by atoms with Crippen molar-refractivity contribution < 1.29 is 4.74 Å². The maximum Gasteiger partial charge on any atom is 0.181 e. The van der Waals surface area contributed by atoms with Crippen LogP contribution in [-0.4, -0.2) is 6.10 Å². The molecule has 0 bridgehead atoms. The van der Waals surface area contributed by atoms with Gasteiger partial charge in [0, 0.05) is 16.6 Å². The average molecular weight is 225 g/mol. The topological polar surface area (TPSA) is 59.0 Å². The number of ether oxygens (including phenoxy) is 1. The first kappa shape index (κ1) is 11.8. The number of nitriles is 1. The largest absolute Gasteiger partial charge is 0.476 e. The summed E-state index contributed by atoms with van der Waals surface area (Å²) in [5.41, 5.74) is 6.59. The zero-order chi connectivity index (χ0) is 11.4. The molecule has 4 heteroatoms. The van der Waals surface area contributed by atoms with Crippen molar-refractivity contribution in [1.29, 1.82) is 5.26 Å². The molecule has 0 spiro atoms. The van der Waals surface area contributed by atoms with Crippen LogP contribution < -0.4 is 10.5 Å². The number of nitrogens with zero attached hydrogens (tertiary/aromatic N) is 1. The van der Waals surface area contributed by atoms with Crippen LogP contribution in [0.1, 0.15) is 25.5 Å². The third-order valence-corrected chi connectivity index (χ3v) is 2.18. The summed E-state index contributed by atoms with van der Waals surface area (Å²) in [5, 5.41) is 9.26.